The third-order valence-electron chi connectivity index (χ3n) is 4.58. The number of ether oxygens (including phenoxy) is 1. The molecule has 0 unspecified atom stereocenters. The molecule has 13 heteroatoms. The Labute approximate surface area is 201 Å². The minimum atomic E-state index is -4.33. The number of methoxy groups -OCH3 is 1. The van der Waals surface area contributed by atoms with E-state index in [9.17, 15) is 13.5 Å². The maximum Gasteiger partial charge on any atom is 0.294 e. The summed E-state index contributed by atoms with van der Waals surface area (Å²) in [6.07, 6.45) is 0.834. The molecule has 3 aromatic rings. The molecule has 0 aliphatic rings. The zero-order valence-corrected chi connectivity index (χ0v) is 20.6. The highest BCUT2D eigenvalue weighted by molar-refractivity contribution is 7.94. The molecule has 0 radical (unpaired) electrons. The largest absolute Gasteiger partial charge is 0.494 e. The standard InChI is InChI=1S/C21H24N4O7S2/c1-5-10-31-32-33-19-12-18(30-4)17(11-13(19)2)22-23-20-14(3)24-25(21(20)26)15-6-8-16(9-7-15)34(27,28)29/h6-9,11-12,26H,5,10H2,1-4H3,(H,27,28,29). The van der Waals surface area contributed by atoms with Gasteiger partial charge in [0.2, 0.25) is 5.88 Å². The summed E-state index contributed by atoms with van der Waals surface area (Å²) >= 11 is 1.07. The first kappa shape index (κ1) is 25.6. The molecule has 0 bridgehead atoms. The molecule has 1 aromatic heterocycles. The zero-order valence-electron chi connectivity index (χ0n) is 18.9. The van der Waals surface area contributed by atoms with Gasteiger partial charge in [0.1, 0.15) is 11.4 Å². The number of azo groups is 1. The van der Waals surface area contributed by atoms with Crippen molar-refractivity contribution in [3.63, 3.8) is 0 Å². The van der Waals surface area contributed by atoms with E-state index in [1.54, 1.807) is 19.1 Å². The van der Waals surface area contributed by atoms with E-state index in [1.807, 2.05) is 13.8 Å². The van der Waals surface area contributed by atoms with E-state index in [2.05, 4.69) is 15.3 Å². The van der Waals surface area contributed by atoms with Crippen molar-refractivity contribution in [3.05, 3.63) is 47.7 Å². The second-order valence-electron chi connectivity index (χ2n) is 7.10. The van der Waals surface area contributed by atoms with Gasteiger partial charge in [-0.15, -0.1) is 10.2 Å². The van der Waals surface area contributed by atoms with E-state index < -0.39 is 10.1 Å². The Morgan fingerprint density at radius 2 is 1.85 bits per heavy atom. The summed E-state index contributed by atoms with van der Waals surface area (Å²) < 4.78 is 43.3. The van der Waals surface area contributed by atoms with Crippen LogP contribution in [0.3, 0.4) is 0 Å². The molecular formula is C21H24N4O7S2. The number of hydrogen-bond acceptors (Lipinski definition) is 10. The zero-order chi connectivity index (χ0) is 24.9. The van der Waals surface area contributed by atoms with Crippen LogP contribution in [0, 0.1) is 13.8 Å². The molecular weight excluding hydrogens is 484 g/mol. The van der Waals surface area contributed by atoms with Gasteiger partial charge in [0.25, 0.3) is 10.1 Å². The van der Waals surface area contributed by atoms with Crippen molar-refractivity contribution in [1.82, 2.24) is 9.78 Å². The number of aryl methyl sites for hydroxylation is 2. The van der Waals surface area contributed by atoms with Gasteiger partial charge in [-0.25, -0.2) is 4.89 Å². The third kappa shape index (κ3) is 5.93. The number of benzene rings is 2. The van der Waals surface area contributed by atoms with Crippen molar-refractivity contribution in [2.45, 2.75) is 37.0 Å². The van der Waals surface area contributed by atoms with Gasteiger partial charge in [-0.1, -0.05) is 6.92 Å². The summed E-state index contributed by atoms with van der Waals surface area (Å²) in [6.45, 7) is 5.98. The Morgan fingerprint density at radius 1 is 1.15 bits per heavy atom. The van der Waals surface area contributed by atoms with Crippen molar-refractivity contribution in [2.75, 3.05) is 13.7 Å². The first-order chi connectivity index (χ1) is 16.2. The Bertz CT molecular complexity index is 1290. The molecule has 2 N–H and O–H groups in total. The van der Waals surface area contributed by atoms with Crippen LogP contribution in [0.1, 0.15) is 24.6 Å². The fourth-order valence-electron chi connectivity index (χ4n) is 2.83. The summed E-state index contributed by atoms with van der Waals surface area (Å²) in [6, 6.07) is 8.70. The van der Waals surface area contributed by atoms with Gasteiger partial charge in [0, 0.05) is 4.90 Å². The van der Waals surface area contributed by atoms with Gasteiger partial charge in [0.15, 0.2) is 5.69 Å². The van der Waals surface area contributed by atoms with Gasteiger partial charge in [-0.2, -0.15) is 22.5 Å². The smallest absolute Gasteiger partial charge is 0.294 e. The summed E-state index contributed by atoms with van der Waals surface area (Å²) in [7, 11) is -2.83. The van der Waals surface area contributed by atoms with Gasteiger partial charge in [-0.3, -0.25) is 4.55 Å². The van der Waals surface area contributed by atoms with Crippen LogP contribution in [0.15, 0.2) is 56.4 Å². The topological polar surface area (TPSA) is 145 Å². The molecule has 11 nitrogen and oxygen atoms in total. The predicted molar refractivity (Wildman–Crippen MR) is 125 cm³/mol. The molecule has 0 fully saturated rings. The van der Waals surface area contributed by atoms with Gasteiger partial charge in [0.05, 0.1) is 42.0 Å². The second kappa shape index (κ2) is 11.0. The van der Waals surface area contributed by atoms with Gasteiger partial charge in [-0.05, 0) is 62.2 Å². The van der Waals surface area contributed by atoms with Gasteiger partial charge >= 0.3 is 0 Å². The lowest BCUT2D eigenvalue weighted by molar-refractivity contribution is -0.190. The highest BCUT2D eigenvalue weighted by atomic mass is 32.2. The lowest BCUT2D eigenvalue weighted by Gasteiger charge is -2.09. The van der Waals surface area contributed by atoms with Crippen molar-refractivity contribution in [2.24, 2.45) is 10.2 Å². The van der Waals surface area contributed by atoms with Crippen molar-refractivity contribution in [1.29, 1.82) is 0 Å². The lowest BCUT2D eigenvalue weighted by Crippen LogP contribution is -2.00. The molecule has 0 saturated carbocycles. The number of aromatic nitrogens is 2. The van der Waals surface area contributed by atoms with Crippen LogP contribution < -0.4 is 4.74 Å². The normalized spacial score (nSPS) is 11.9. The molecule has 34 heavy (non-hydrogen) atoms. The van der Waals surface area contributed by atoms with Crippen LogP contribution in [0.25, 0.3) is 5.69 Å². The average Bonchev–Trinajstić information content (AvgIpc) is 3.09. The quantitative estimate of drug-likeness (QED) is 0.0938. The van der Waals surface area contributed by atoms with E-state index in [0.717, 1.165) is 28.9 Å². The van der Waals surface area contributed by atoms with Crippen LogP contribution in [0.4, 0.5) is 11.4 Å². The summed E-state index contributed by atoms with van der Waals surface area (Å²) in [5, 5.41) is 23.3. The number of hydrogen-bond donors (Lipinski definition) is 2. The predicted octanol–water partition coefficient (Wildman–Crippen LogP) is 5.23. The molecule has 0 spiro atoms. The average molecular weight is 509 g/mol. The van der Waals surface area contributed by atoms with E-state index in [0.29, 0.717) is 29.4 Å². The first-order valence-corrected chi connectivity index (χ1v) is 12.3. The Morgan fingerprint density at radius 3 is 2.47 bits per heavy atom. The number of aromatic hydroxyl groups is 1. The Balaban J connectivity index is 1.87. The molecule has 0 amide bonds. The van der Waals surface area contributed by atoms with E-state index in [-0.39, 0.29) is 16.5 Å². The Hall–Kier alpha value is -2.97. The first-order valence-electron chi connectivity index (χ1n) is 10.1. The fourth-order valence-corrected chi connectivity index (χ4v) is 3.85. The van der Waals surface area contributed by atoms with Crippen molar-refractivity contribution in [3.8, 4) is 17.3 Å². The summed E-state index contributed by atoms with van der Waals surface area (Å²) in [5.41, 5.74) is 2.19. The fraction of sp³-hybridized carbons (Fsp3) is 0.286. The van der Waals surface area contributed by atoms with Crippen LogP contribution >= 0.6 is 12.0 Å². The minimum Gasteiger partial charge on any atom is -0.494 e. The monoisotopic (exact) mass is 508 g/mol. The summed E-state index contributed by atoms with van der Waals surface area (Å²) in [5.74, 6) is 0.159. The van der Waals surface area contributed by atoms with Crippen LogP contribution in [0.5, 0.6) is 11.6 Å². The van der Waals surface area contributed by atoms with Crippen LogP contribution in [0.2, 0.25) is 0 Å². The molecule has 0 aliphatic carbocycles. The van der Waals surface area contributed by atoms with Crippen LogP contribution in [-0.4, -0.2) is 41.6 Å². The molecule has 0 saturated heterocycles. The van der Waals surface area contributed by atoms with E-state index in [4.69, 9.17) is 18.5 Å². The molecule has 0 aliphatic heterocycles. The van der Waals surface area contributed by atoms with Crippen molar-refractivity contribution >= 4 is 33.5 Å². The van der Waals surface area contributed by atoms with Crippen LogP contribution in [-0.2, 0) is 19.3 Å². The third-order valence-corrected chi connectivity index (χ3v) is 6.23. The maximum absolute atomic E-state index is 11.2. The van der Waals surface area contributed by atoms with E-state index >= 15 is 0 Å². The second-order valence-corrected chi connectivity index (χ2v) is 9.27. The SMILES string of the molecule is CCCOOSc1cc(OC)c(N=Nc2c(C)nn(-c3ccc(S(=O)(=O)O)cc3)c2O)cc1C. The molecule has 3 rings (SSSR count). The highest BCUT2D eigenvalue weighted by Gasteiger charge is 2.17. The maximum atomic E-state index is 11.2. The molecule has 1 heterocycles. The van der Waals surface area contributed by atoms with Gasteiger partial charge < -0.3 is 9.84 Å². The number of nitrogens with zero attached hydrogens (tertiary/aromatic N) is 4. The molecule has 182 valence electrons. The lowest BCUT2D eigenvalue weighted by atomic mass is 10.2. The Kier molecular flexibility index (Phi) is 8.28. The minimum absolute atomic E-state index is 0.133. The number of rotatable bonds is 10. The molecule has 0 atom stereocenters. The highest BCUT2D eigenvalue weighted by Crippen LogP contribution is 2.38. The van der Waals surface area contributed by atoms with Crippen molar-refractivity contribution < 1.29 is 32.0 Å². The summed E-state index contributed by atoms with van der Waals surface area (Å²) in [4.78, 5) is 5.55. The van der Waals surface area contributed by atoms with E-state index in [1.165, 1.54) is 36.1 Å². The molecule has 2 aromatic carbocycles.